The van der Waals surface area contributed by atoms with Gasteiger partial charge in [-0.25, -0.2) is 4.79 Å². The highest BCUT2D eigenvalue weighted by Crippen LogP contribution is 2.33. The molecule has 1 fully saturated rings. The Balaban J connectivity index is 1.61. The Bertz CT molecular complexity index is 963. The van der Waals surface area contributed by atoms with E-state index < -0.39 is 11.9 Å². The largest absolute Gasteiger partial charge is 0.465 e. The molecule has 1 aliphatic carbocycles. The molecular formula is C23H24N2O4. The first-order chi connectivity index (χ1) is 14.1. The van der Waals surface area contributed by atoms with Crippen molar-refractivity contribution in [2.45, 2.75) is 44.7 Å². The lowest BCUT2D eigenvalue weighted by Crippen LogP contribution is -2.37. The van der Waals surface area contributed by atoms with E-state index in [0.717, 1.165) is 31.2 Å². The number of hydrogen-bond donors (Lipinski definition) is 1. The van der Waals surface area contributed by atoms with Crippen molar-refractivity contribution < 1.29 is 19.1 Å². The number of nitrogens with one attached hydrogen (secondary N) is 1. The maximum Gasteiger partial charge on any atom is 0.339 e. The van der Waals surface area contributed by atoms with Gasteiger partial charge in [0, 0.05) is 12.6 Å². The van der Waals surface area contributed by atoms with Gasteiger partial charge < -0.3 is 15.0 Å². The number of esters is 1. The molecule has 0 unspecified atom stereocenters. The Morgan fingerprint density at radius 1 is 1.00 bits per heavy atom. The molecule has 6 nitrogen and oxygen atoms in total. The Morgan fingerprint density at radius 2 is 1.72 bits per heavy atom. The summed E-state index contributed by atoms with van der Waals surface area (Å²) in [6, 6.07) is 12.3. The molecule has 0 aromatic heterocycles. The van der Waals surface area contributed by atoms with Crippen LogP contribution in [-0.2, 0) is 11.3 Å². The Labute approximate surface area is 169 Å². The molecule has 2 aliphatic rings. The van der Waals surface area contributed by atoms with Crippen LogP contribution in [0.3, 0.4) is 0 Å². The molecule has 2 aromatic rings. The number of hydrogen-bond acceptors (Lipinski definition) is 4. The van der Waals surface area contributed by atoms with Crippen LogP contribution in [0.15, 0.2) is 42.5 Å². The molecule has 0 spiro atoms. The Hall–Kier alpha value is -3.15. The van der Waals surface area contributed by atoms with Crippen LogP contribution in [0, 0.1) is 0 Å². The van der Waals surface area contributed by atoms with E-state index in [-0.39, 0.29) is 17.5 Å². The van der Waals surface area contributed by atoms with Crippen molar-refractivity contribution in [3.63, 3.8) is 0 Å². The highest BCUT2D eigenvalue weighted by Gasteiger charge is 2.36. The summed E-state index contributed by atoms with van der Waals surface area (Å²) in [5.41, 5.74) is 2.33. The minimum Gasteiger partial charge on any atom is -0.465 e. The zero-order valence-corrected chi connectivity index (χ0v) is 16.4. The minimum atomic E-state index is -0.529. The molecule has 1 saturated carbocycles. The lowest BCUT2D eigenvalue weighted by Gasteiger charge is -2.30. The molecular weight excluding hydrogens is 368 g/mol. The minimum absolute atomic E-state index is 0.0705. The van der Waals surface area contributed by atoms with Gasteiger partial charge in [-0.2, -0.15) is 0 Å². The average Bonchev–Trinajstić information content (AvgIpc) is 3.11. The number of ether oxygens (including phenoxy) is 1. The van der Waals surface area contributed by atoms with Crippen LogP contribution in [0.4, 0.5) is 5.69 Å². The van der Waals surface area contributed by atoms with Crippen molar-refractivity contribution in [1.29, 1.82) is 0 Å². The van der Waals surface area contributed by atoms with Gasteiger partial charge in [-0.15, -0.1) is 0 Å². The highest BCUT2D eigenvalue weighted by molar-refractivity contribution is 6.15. The van der Waals surface area contributed by atoms with Crippen LogP contribution < -0.4 is 5.32 Å². The highest BCUT2D eigenvalue weighted by atomic mass is 16.5. The smallest absolute Gasteiger partial charge is 0.339 e. The lowest BCUT2D eigenvalue weighted by molar-refractivity contribution is 0.0600. The average molecular weight is 392 g/mol. The standard InChI is InChI=1S/C23H24N2O4/c1-29-23(28)17-11-5-6-13-19(17)24-21(26)18-12-7-8-15-14-25(22(27)20(15)18)16-9-3-2-4-10-16/h5-8,11-13,16H,2-4,9-10,14H2,1H3,(H,24,26). The van der Waals surface area contributed by atoms with Gasteiger partial charge in [-0.05, 0) is 36.6 Å². The SMILES string of the molecule is COC(=O)c1ccccc1NC(=O)c1cccc2c1C(=O)N(C1CCCCC1)C2. The fraction of sp³-hybridized carbons (Fsp3) is 0.348. The maximum atomic E-state index is 13.2. The van der Waals surface area contributed by atoms with Crippen LogP contribution in [0.1, 0.15) is 68.7 Å². The van der Waals surface area contributed by atoms with E-state index >= 15 is 0 Å². The first-order valence-corrected chi connectivity index (χ1v) is 10.0. The number of rotatable bonds is 4. The monoisotopic (exact) mass is 392 g/mol. The fourth-order valence-electron chi connectivity index (χ4n) is 4.33. The zero-order chi connectivity index (χ0) is 20.4. The number of methoxy groups -OCH3 is 1. The van der Waals surface area contributed by atoms with Crippen LogP contribution in [-0.4, -0.2) is 35.8 Å². The third kappa shape index (κ3) is 3.62. The van der Waals surface area contributed by atoms with E-state index in [1.165, 1.54) is 13.5 Å². The van der Waals surface area contributed by atoms with Gasteiger partial charge >= 0.3 is 5.97 Å². The first-order valence-electron chi connectivity index (χ1n) is 10.0. The summed E-state index contributed by atoms with van der Waals surface area (Å²) in [6.07, 6.45) is 5.55. The van der Waals surface area contributed by atoms with Crippen molar-refractivity contribution in [2.24, 2.45) is 0 Å². The van der Waals surface area contributed by atoms with Gasteiger partial charge in [0.25, 0.3) is 11.8 Å². The summed E-state index contributed by atoms with van der Waals surface area (Å²) in [5, 5.41) is 2.78. The quantitative estimate of drug-likeness (QED) is 0.798. The van der Waals surface area contributed by atoms with Crippen LogP contribution in [0.25, 0.3) is 0 Å². The third-order valence-corrected chi connectivity index (χ3v) is 5.81. The molecule has 1 aliphatic heterocycles. The van der Waals surface area contributed by atoms with E-state index in [1.54, 1.807) is 36.4 Å². The molecule has 6 heteroatoms. The summed E-state index contributed by atoms with van der Waals surface area (Å²) >= 11 is 0. The zero-order valence-electron chi connectivity index (χ0n) is 16.4. The molecule has 4 rings (SSSR count). The molecule has 0 atom stereocenters. The van der Waals surface area contributed by atoms with Gasteiger partial charge in [-0.3, -0.25) is 9.59 Å². The summed E-state index contributed by atoms with van der Waals surface area (Å²) in [7, 11) is 1.30. The summed E-state index contributed by atoms with van der Waals surface area (Å²) < 4.78 is 4.79. The Morgan fingerprint density at radius 3 is 2.48 bits per heavy atom. The number of fused-ring (bicyclic) bond motifs is 1. The lowest BCUT2D eigenvalue weighted by atomic mass is 9.94. The second kappa shape index (κ2) is 8.07. The number of amides is 2. The van der Waals surface area contributed by atoms with Crippen molar-refractivity contribution in [2.75, 3.05) is 12.4 Å². The van der Waals surface area contributed by atoms with Crippen molar-refractivity contribution >= 4 is 23.5 Å². The maximum absolute atomic E-state index is 13.2. The van der Waals surface area contributed by atoms with E-state index in [9.17, 15) is 14.4 Å². The summed E-state index contributed by atoms with van der Waals surface area (Å²) in [4.78, 5) is 40.1. The topological polar surface area (TPSA) is 75.7 Å². The number of nitrogens with zero attached hydrogens (tertiary/aromatic N) is 1. The fourth-order valence-corrected chi connectivity index (χ4v) is 4.33. The predicted octanol–water partition coefficient (Wildman–Crippen LogP) is 4.01. The predicted molar refractivity (Wildman–Crippen MR) is 109 cm³/mol. The summed E-state index contributed by atoms with van der Waals surface area (Å²) in [5.74, 6) is -1.00. The molecule has 0 radical (unpaired) electrons. The second-order valence-corrected chi connectivity index (χ2v) is 7.56. The van der Waals surface area contributed by atoms with Gasteiger partial charge in [0.15, 0.2) is 0 Å². The van der Waals surface area contributed by atoms with E-state index in [1.807, 2.05) is 11.0 Å². The number of benzene rings is 2. The van der Waals surface area contributed by atoms with Gasteiger partial charge in [0.05, 0.1) is 29.5 Å². The molecule has 0 bridgehead atoms. The van der Waals surface area contributed by atoms with Crippen LogP contribution in [0.2, 0.25) is 0 Å². The van der Waals surface area contributed by atoms with E-state index in [0.29, 0.717) is 23.4 Å². The molecule has 0 saturated heterocycles. The summed E-state index contributed by atoms with van der Waals surface area (Å²) in [6.45, 7) is 0.554. The van der Waals surface area contributed by atoms with Gasteiger partial charge in [0.1, 0.15) is 0 Å². The van der Waals surface area contributed by atoms with Crippen molar-refractivity contribution in [3.8, 4) is 0 Å². The number of anilines is 1. The Kier molecular flexibility index (Phi) is 5.34. The van der Waals surface area contributed by atoms with Crippen molar-refractivity contribution in [1.82, 2.24) is 4.90 Å². The van der Waals surface area contributed by atoms with Crippen LogP contribution in [0.5, 0.6) is 0 Å². The van der Waals surface area contributed by atoms with E-state index in [4.69, 9.17) is 4.74 Å². The molecule has 1 N–H and O–H groups in total. The number of carbonyl (C=O) groups is 3. The molecule has 150 valence electrons. The molecule has 29 heavy (non-hydrogen) atoms. The number of para-hydroxylation sites is 1. The van der Waals surface area contributed by atoms with Crippen LogP contribution >= 0.6 is 0 Å². The normalized spacial score (nSPS) is 16.4. The van der Waals surface area contributed by atoms with E-state index in [2.05, 4.69) is 5.32 Å². The second-order valence-electron chi connectivity index (χ2n) is 7.56. The molecule has 2 amide bonds. The van der Waals surface area contributed by atoms with Gasteiger partial charge in [-0.1, -0.05) is 43.5 Å². The number of carbonyl (C=O) groups excluding carboxylic acids is 3. The first kappa shape index (κ1) is 19.2. The van der Waals surface area contributed by atoms with Crippen molar-refractivity contribution in [3.05, 3.63) is 64.7 Å². The van der Waals surface area contributed by atoms with Gasteiger partial charge in [0.2, 0.25) is 0 Å². The third-order valence-electron chi connectivity index (χ3n) is 5.81. The molecule has 2 aromatic carbocycles. The molecule has 1 heterocycles.